The topological polar surface area (TPSA) is 71.8 Å². The quantitative estimate of drug-likeness (QED) is 0.709. The fourth-order valence-electron chi connectivity index (χ4n) is 1.86. The predicted molar refractivity (Wildman–Crippen MR) is 58.8 cm³/mol. The third-order valence-electron chi connectivity index (χ3n) is 2.68. The number of nitrogens with zero attached hydrogens (tertiary/aromatic N) is 3. The van der Waals surface area contributed by atoms with Gasteiger partial charge in [0.15, 0.2) is 0 Å². The van der Waals surface area contributed by atoms with E-state index in [0.717, 1.165) is 25.3 Å². The summed E-state index contributed by atoms with van der Waals surface area (Å²) < 4.78 is 2.00. The minimum Gasteiger partial charge on any atom is -0.353 e. The van der Waals surface area contributed by atoms with E-state index in [1.807, 2.05) is 4.57 Å². The number of carbonyl (C=O) groups excluding carboxylic acids is 1. The summed E-state index contributed by atoms with van der Waals surface area (Å²) in [5.74, 6) is 0.925. The van der Waals surface area contributed by atoms with Crippen LogP contribution in [-0.2, 0) is 17.8 Å². The van der Waals surface area contributed by atoms with Gasteiger partial charge in [-0.15, -0.1) is 10.2 Å². The molecule has 0 bridgehead atoms. The zero-order chi connectivity index (χ0) is 11.4. The van der Waals surface area contributed by atoms with E-state index in [1.165, 1.54) is 0 Å². The summed E-state index contributed by atoms with van der Waals surface area (Å²) in [5.41, 5.74) is 0. The Morgan fingerprint density at radius 3 is 3.19 bits per heavy atom. The van der Waals surface area contributed by atoms with E-state index in [4.69, 9.17) is 0 Å². The van der Waals surface area contributed by atoms with Gasteiger partial charge in [0.1, 0.15) is 12.2 Å². The highest BCUT2D eigenvalue weighted by Gasteiger charge is 2.23. The Morgan fingerprint density at radius 2 is 2.44 bits per heavy atom. The normalized spacial score (nSPS) is 20.8. The highest BCUT2D eigenvalue weighted by atomic mass is 16.2. The maximum Gasteiger partial charge on any atom is 0.237 e. The molecule has 1 amide bonds. The largest absolute Gasteiger partial charge is 0.353 e. The molecule has 6 heteroatoms. The summed E-state index contributed by atoms with van der Waals surface area (Å²) in [7, 11) is 0. The van der Waals surface area contributed by atoms with E-state index in [9.17, 15) is 4.79 Å². The van der Waals surface area contributed by atoms with Gasteiger partial charge in [0.25, 0.3) is 0 Å². The van der Waals surface area contributed by atoms with Crippen molar-refractivity contribution in [2.24, 2.45) is 0 Å². The second-order valence-corrected chi connectivity index (χ2v) is 3.94. The number of hydrogen-bond donors (Lipinski definition) is 2. The Kier molecular flexibility index (Phi) is 3.51. The standard InChI is InChI=1S/C10H17N5O/c1-2-5-15-7-13-14-9(15)6-8-10(16)12-4-3-11-8/h7-8,11H,2-6H2,1H3,(H,12,16). The van der Waals surface area contributed by atoms with E-state index >= 15 is 0 Å². The maximum atomic E-state index is 11.6. The molecule has 16 heavy (non-hydrogen) atoms. The molecule has 1 unspecified atom stereocenters. The van der Waals surface area contributed by atoms with Crippen molar-refractivity contribution < 1.29 is 4.79 Å². The lowest BCUT2D eigenvalue weighted by molar-refractivity contribution is -0.124. The van der Waals surface area contributed by atoms with Crippen LogP contribution in [0.15, 0.2) is 6.33 Å². The molecule has 2 N–H and O–H groups in total. The number of nitrogens with one attached hydrogen (secondary N) is 2. The van der Waals surface area contributed by atoms with E-state index in [0.29, 0.717) is 13.0 Å². The van der Waals surface area contributed by atoms with Crippen LogP contribution in [-0.4, -0.2) is 39.8 Å². The lowest BCUT2D eigenvalue weighted by atomic mass is 10.1. The van der Waals surface area contributed by atoms with Gasteiger partial charge in [-0.25, -0.2) is 0 Å². The van der Waals surface area contributed by atoms with Gasteiger partial charge in [-0.3, -0.25) is 4.79 Å². The van der Waals surface area contributed by atoms with Crippen molar-refractivity contribution in [3.63, 3.8) is 0 Å². The molecular formula is C10H17N5O. The highest BCUT2D eigenvalue weighted by molar-refractivity contribution is 5.82. The molecule has 1 aromatic heterocycles. The molecule has 0 aromatic carbocycles. The summed E-state index contributed by atoms with van der Waals surface area (Å²) >= 11 is 0. The summed E-state index contributed by atoms with van der Waals surface area (Å²) in [6.45, 7) is 4.53. The first-order chi connectivity index (χ1) is 7.81. The van der Waals surface area contributed by atoms with Gasteiger partial charge in [-0.2, -0.15) is 0 Å². The molecule has 1 aliphatic rings. The van der Waals surface area contributed by atoms with Crippen LogP contribution < -0.4 is 10.6 Å². The van der Waals surface area contributed by atoms with Crippen molar-refractivity contribution in [3.05, 3.63) is 12.2 Å². The Bertz CT molecular complexity index is 362. The molecule has 0 saturated carbocycles. The molecule has 1 saturated heterocycles. The lowest BCUT2D eigenvalue weighted by Gasteiger charge is -2.23. The monoisotopic (exact) mass is 223 g/mol. The summed E-state index contributed by atoms with van der Waals surface area (Å²) in [5, 5.41) is 14.0. The Labute approximate surface area is 94.4 Å². The van der Waals surface area contributed by atoms with Crippen LogP contribution in [0.25, 0.3) is 0 Å². The molecule has 6 nitrogen and oxygen atoms in total. The zero-order valence-corrected chi connectivity index (χ0v) is 9.44. The van der Waals surface area contributed by atoms with E-state index in [1.54, 1.807) is 6.33 Å². The van der Waals surface area contributed by atoms with Crippen molar-refractivity contribution in [1.29, 1.82) is 0 Å². The molecular weight excluding hydrogens is 206 g/mol. The molecule has 1 aromatic rings. The number of piperazine rings is 1. The van der Waals surface area contributed by atoms with Gasteiger partial charge in [0.05, 0.1) is 6.04 Å². The number of rotatable bonds is 4. The Hall–Kier alpha value is -1.43. The third-order valence-corrected chi connectivity index (χ3v) is 2.68. The molecule has 88 valence electrons. The van der Waals surface area contributed by atoms with Gasteiger partial charge in [-0.1, -0.05) is 6.92 Å². The molecule has 2 heterocycles. The van der Waals surface area contributed by atoms with Gasteiger partial charge in [0, 0.05) is 26.1 Å². The van der Waals surface area contributed by atoms with Gasteiger partial charge < -0.3 is 15.2 Å². The molecule has 2 rings (SSSR count). The second-order valence-electron chi connectivity index (χ2n) is 3.94. The highest BCUT2D eigenvalue weighted by Crippen LogP contribution is 2.03. The van der Waals surface area contributed by atoms with Crippen molar-refractivity contribution in [2.45, 2.75) is 32.4 Å². The summed E-state index contributed by atoms with van der Waals surface area (Å²) in [4.78, 5) is 11.6. The predicted octanol–water partition coefficient (Wildman–Crippen LogP) is -0.681. The first-order valence-electron chi connectivity index (χ1n) is 5.69. The molecule has 1 aliphatic heterocycles. The fraction of sp³-hybridized carbons (Fsp3) is 0.700. The number of aryl methyl sites for hydroxylation is 1. The Morgan fingerprint density at radius 1 is 1.56 bits per heavy atom. The van der Waals surface area contributed by atoms with Crippen molar-refractivity contribution in [2.75, 3.05) is 13.1 Å². The summed E-state index contributed by atoms with van der Waals surface area (Å²) in [6.07, 6.45) is 3.36. The molecule has 1 atom stereocenters. The Balaban J connectivity index is 2.01. The van der Waals surface area contributed by atoms with Crippen LogP contribution in [0.5, 0.6) is 0 Å². The van der Waals surface area contributed by atoms with E-state index in [2.05, 4.69) is 27.8 Å². The van der Waals surface area contributed by atoms with Gasteiger partial charge >= 0.3 is 0 Å². The van der Waals surface area contributed by atoms with Crippen LogP contribution >= 0.6 is 0 Å². The van der Waals surface area contributed by atoms with E-state index < -0.39 is 0 Å². The molecule has 0 aliphatic carbocycles. The van der Waals surface area contributed by atoms with Crippen LogP contribution in [0, 0.1) is 0 Å². The van der Waals surface area contributed by atoms with Crippen molar-refractivity contribution in [3.8, 4) is 0 Å². The van der Waals surface area contributed by atoms with Crippen LogP contribution in [0.2, 0.25) is 0 Å². The minimum absolute atomic E-state index is 0.0531. The van der Waals surface area contributed by atoms with Crippen molar-refractivity contribution >= 4 is 5.91 Å². The SMILES string of the molecule is CCCn1cnnc1CC1NCCNC1=O. The lowest BCUT2D eigenvalue weighted by Crippen LogP contribution is -2.54. The number of hydrogen-bond acceptors (Lipinski definition) is 4. The van der Waals surface area contributed by atoms with Crippen LogP contribution in [0.3, 0.4) is 0 Å². The van der Waals surface area contributed by atoms with Crippen molar-refractivity contribution in [1.82, 2.24) is 25.4 Å². The number of aromatic nitrogens is 3. The minimum atomic E-state index is -0.173. The van der Waals surface area contributed by atoms with Crippen LogP contribution in [0.1, 0.15) is 19.2 Å². The summed E-state index contributed by atoms with van der Waals surface area (Å²) in [6, 6.07) is -0.173. The zero-order valence-electron chi connectivity index (χ0n) is 9.44. The van der Waals surface area contributed by atoms with Crippen LogP contribution in [0.4, 0.5) is 0 Å². The maximum absolute atomic E-state index is 11.6. The van der Waals surface area contributed by atoms with E-state index in [-0.39, 0.29) is 11.9 Å². The molecule has 0 spiro atoms. The molecule has 0 radical (unpaired) electrons. The van der Waals surface area contributed by atoms with Gasteiger partial charge in [0.2, 0.25) is 5.91 Å². The average molecular weight is 223 g/mol. The molecule has 1 fully saturated rings. The second kappa shape index (κ2) is 5.07. The number of amides is 1. The smallest absolute Gasteiger partial charge is 0.237 e. The number of carbonyl (C=O) groups is 1. The average Bonchev–Trinajstić information content (AvgIpc) is 2.70. The fourth-order valence-corrected chi connectivity index (χ4v) is 1.86. The van der Waals surface area contributed by atoms with Gasteiger partial charge in [-0.05, 0) is 6.42 Å². The first kappa shape index (κ1) is 11.1. The third kappa shape index (κ3) is 2.38. The first-order valence-corrected chi connectivity index (χ1v) is 5.69.